The quantitative estimate of drug-likeness (QED) is 0.510. The van der Waals surface area contributed by atoms with E-state index in [1.165, 1.54) is 17.4 Å². The summed E-state index contributed by atoms with van der Waals surface area (Å²) in [5, 5.41) is 6.76. The molecule has 0 unspecified atom stereocenters. The lowest BCUT2D eigenvalue weighted by molar-refractivity contribution is 0.274. The molecule has 128 valence electrons. The number of anilines is 1. The molecule has 1 heterocycles. The lowest BCUT2D eigenvalue weighted by Gasteiger charge is -2.10. The van der Waals surface area contributed by atoms with Crippen LogP contribution in [-0.2, 0) is 6.61 Å². The van der Waals surface area contributed by atoms with Crippen molar-refractivity contribution in [1.82, 2.24) is 4.98 Å². The first-order valence-corrected chi connectivity index (χ1v) is 8.37. The number of hydrogen-bond acceptors (Lipinski definition) is 5. The molecule has 3 aromatic rings. The average molecular weight is 359 g/mol. The van der Waals surface area contributed by atoms with E-state index in [9.17, 15) is 8.78 Å². The van der Waals surface area contributed by atoms with Crippen molar-refractivity contribution in [3.8, 4) is 5.75 Å². The minimum Gasteiger partial charge on any atom is -0.483 e. The van der Waals surface area contributed by atoms with Crippen LogP contribution in [0.5, 0.6) is 5.75 Å². The van der Waals surface area contributed by atoms with E-state index < -0.39 is 11.6 Å². The van der Waals surface area contributed by atoms with Crippen LogP contribution in [0.1, 0.15) is 16.8 Å². The van der Waals surface area contributed by atoms with Gasteiger partial charge in [0, 0.05) is 10.9 Å². The molecule has 3 rings (SSSR count). The third kappa shape index (κ3) is 4.39. The van der Waals surface area contributed by atoms with Crippen molar-refractivity contribution in [3.63, 3.8) is 0 Å². The smallest absolute Gasteiger partial charge is 0.203 e. The summed E-state index contributed by atoms with van der Waals surface area (Å²) >= 11 is 1.46. The third-order valence-electron chi connectivity index (χ3n) is 3.33. The monoisotopic (exact) mass is 359 g/mol. The van der Waals surface area contributed by atoms with Crippen molar-refractivity contribution >= 4 is 22.7 Å². The second-order valence-electron chi connectivity index (χ2n) is 5.20. The van der Waals surface area contributed by atoms with Gasteiger partial charge in [0.25, 0.3) is 0 Å². The van der Waals surface area contributed by atoms with Crippen LogP contribution < -0.4 is 10.2 Å². The predicted molar refractivity (Wildman–Crippen MR) is 95.2 cm³/mol. The zero-order valence-corrected chi connectivity index (χ0v) is 14.2. The molecule has 0 amide bonds. The number of nitrogens with one attached hydrogen (secondary N) is 1. The van der Waals surface area contributed by atoms with Crippen LogP contribution in [0.3, 0.4) is 0 Å². The highest BCUT2D eigenvalue weighted by Gasteiger charge is 2.10. The van der Waals surface area contributed by atoms with Gasteiger partial charge < -0.3 is 4.74 Å². The molecule has 0 aliphatic rings. The topological polar surface area (TPSA) is 46.5 Å². The highest BCUT2D eigenvalue weighted by molar-refractivity contribution is 7.13. The Morgan fingerprint density at radius 3 is 2.64 bits per heavy atom. The summed E-state index contributed by atoms with van der Waals surface area (Å²) in [7, 11) is 0. The van der Waals surface area contributed by atoms with E-state index in [-0.39, 0.29) is 12.4 Å². The van der Waals surface area contributed by atoms with Crippen LogP contribution in [-0.4, -0.2) is 11.2 Å². The molecule has 2 aromatic carbocycles. The zero-order chi connectivity index (χ0) is 17.6. The van der Waals surface area contributed by atoms with Crippen LogP contribution in [0.15, 0.2) is 52.9 Å². The fourth-order valence-electron chi connectivity index (χ4n) is 2.12. The molecule has 1 aromatic heterocycles. The zero-order valence-electron chi connectivity index (χ0n) is 13.4. The highest BCUT2D eigenvalue weighted by atomic mass is 32.1. The first-order valence-electron chi connectivity index (χ1n) is 7.49. The van der Waals surface area contributed by atoms with Crippen molar-refractivity contribution in [3.05, 3.63) is 76.3 Å². The normalized spacial score (nSPS) is 11.0. The summed E-state index contributed by atoms with van der Waals surface area (Å²) in [6, 6.07) is 10.9. The number of ether oxygens (including phenoxy) is 1. The number of benzene rings is 2. The van der Waals surface area contributed by atoms with Gasteiger partial charge in [0.15, 0.2) is 17.4 Å². The Kier molecular flexibility index (Phi) is 5.35. The Bertz CT molecular complexity index is 875. The van der Waals surface area contributed by atoms with Gasteiger partial charge in [0.1, 0.15) is 6.61 Å². The van der Waals surface area contributed by atoms with Crippen molar-refractivity contribution < 1.29 is 13.5 Å². The van der Waals surface area contributed by atoms with Gasteiger partial charge in [-0.05, 0) is 24.6 Å². The van der Waals surface area contributed by atoms with Crippen molar-refractivity contribution in [2.75, 3.05) is 5.43 Å². The predicted octanol–water partition coefficient (Wildman–Crippen LogP) is 4.75. The van der Waals surface area contributed by atoms with Gasteiger partial charge in [0.2, 0.25) is 5.13 Å². The van der Waals surface area contributed by atoms with Gasteiger partial charge in [-0.15, -0.1) is 11.3 Å². The average Bonchev–Trinajstić information content (AvgIpc) is 3.01. The molecule has 1 N–H and O–H groups in total. The summed E-state index contributed by atoms with van der Waals surface area (Å²) in [6.45, 7) is 1.93. The number of hydrogen-bond donors (Lipinski definition) is 1. The maximum absolute atomic E-state index is 13.6. The molecular weight excluding hydrogens is 344 g/mol. The van der Waals surface area contributed by atoms with Gasteiger partial charge in [-0.25, -0.2) is 13.8 Å². The molecule has 0 aliphatic carbocycles. The summed E-state index contributed by atoms with van der Waals surface area (Å²) in [6.07, 6.45) is 1.62. The van der Waals surface area contributed by atoms with Crippen LogP contribution in [0, 0.1) is 18.6 Å². The fourth-order valence-corrected chi connectivity index (χ4v) is 2.76. The van der Waals surface area contributed by atoms with Gasteiger partial charge >= 0.3 is 0 Å². The highest BCUT2D eigenvalue weighted by Crippen LogP contribution is 2.22. The molecule has 0 atom stereocenters. The molecule has 0 saturated carbocycles. The van der Waals surface area contributed by atoms with Crippen molar-refractivity contribution in [1.29, 1.82) is 0 Å². The molecule has 0 spiro atoms. The molecule has 25 heavy (non-hydrogen) atoms. The Morgan fingerprint density at radius 2 is 1.92 bits per heavy atom. The number of thiazole rings is 1. The van der Waals surface area contributed by atoms with E-state index in [0.29, 0.717) is 5.13 Å². The third-order valence-corrected chi connectivity index (χ3v) is 4.19. The Morgan fingerprint density at radius 1 is 1.16 bits per heavy atom. The van der Waals surface area contributed by atoms with Crippen LogP contribution in [0.4, 0.5) is 13.9 Å². The Balaban J connectivity index is 1.70. The standard InChI is InChI=1S/C18H15F2N3OS/c1-12-11-25-18(22-12)23-21-9-13-5-2-3-6-14(13)10-24-17-15(19)7-4-8-16(17)20/h2-9,11H,10H2,1H3,(H,22,23). The summed E-state index contributed by atoms with van der Waals surface area (Å²) in [5.74, 6) is -1.84. The van der Waals surface area contributed by atoms with Crippen LogP contribution in [0.25, 0.3) is 0 Å². The van der Waals surface area contributed by atoms with E-state index in [2.05, 4.69) is 15.5 Å². The van der Waals surface area contributed by atoms with E-state index in [0.717, 1.165) is 29.0 Å². The number of halogens is 2. The van der Waals surface area contributed by atoms with Crippen LogP contribution >= 0.6 is 11.3 Å². The van der Waals surface area contributed by atoms with Gasteiger partial charge in [-0.2, -0.15) is 5.10 Å². The molecule has 0 saturated heterocycles. The van der Waals surface area contributed by atoms with E-state index in [1.807, 2.05) is 36.6 Å². The molecule has 0 bridgehead atoms. The second kappa shape index (κ2) is 7.85. The van der Waals surface area contributed by atoms with Gasteiger partial charge in [-0.1, -0.05) is 30.3 Å². The van der Waals surface area contributed by atoms with Crippen molar-refractivity contribution in [2.24, 2.45) is 5.10 Å². The first-order chi connectivity index (χ1) is 12.1. The molecular formula is C18H15F2N3OS. The fraction of sp³-hybridized carbons (Fsp3) is 0.111. The minimum atomic E-state index is -0.730. The molecule has 0 aliphatic heterocycles. The number of hydrazone groups is 1. The number of para-hydroxylation sites is 1. The van der Waals surface area contributed by atoms with Crippen LogP contribution in [0.2, 0.25) is 0 Å². The van der Waals surface area contributed by atoms with Gasteiger partial charge in [-0.3, -0.25) is 5.43 Å². The minimum absolute atomic E-state index is 0.0242. The van der Waals surface area contributed by atoms with E-state index in [1.54, 1.807) is 6.21 Å². The lowest BCUT2D eigenvalue weighted by atomic mass is 10.1. The summed E-state index contributed by atoms with van der Waals surface area (Å²) in [5.41, 5.74) is 5.30. The van der Waals surface area contributed by atoms with E-state index >= 15 is 0 Å². The first kappa shape index (κ1) is 17.0. The number of rotatable bonds is 6. The SMILES string of the molecule is Cc1csc(NN=Cc2ccccc2COc2c(F)cccc2F)n1. The number of aromatic nitrogens is 1. The van der Waals surface area contributed by atoms with E-state index in [4.69, 9.17) is 4.74 Å². The summed E-state index contributed by atoms with van der Waals surface area (Å²) in [4.78, 5) is 4.25. The number of nitrogens with zero attached hydrogens (tertiary/aromatic N) is 2. The lowest BCUT2D eigenvalue weighted by Crippen LogP contribution is -2.03. The molecule has 0 fully saturated rings. The Hall–Kier alpha value is -2.80. The largest absolute Gasteiger partial charge is 0.483 e. The maximum atomic E-state index is 13.6. The van der Waals surface area contributed by atoms with Crippen molar-refractivity contribution in [2.45, 2.75) is 13.5 Å². The maximum Gasteiger partial charge on any atom is 0.203 e. The Labute approximate surface area is 147 Å². The van der Waals surface area contributed by atoms with Gasteiger partial charge in [0.05, 0.1) is 11.9 Å². The molecule has 7 heteroatoms. The second-order valence-corrected chi connectivity index (χ2v) is 6.06. The summed E-state index contributed by atoms with van der Waals surface area (Å²) < 4.78 is 32.6. The molecule has 0 radical (unpaired) electrons. The number of aryl methyl sites for hydroxylation is 1. The molecule has 4 nitrogen and oxygen atoms in total.